The summed E-state index contributed by atoms with van der Waals surface area (Å²) in [6.45, 7) is 8.39. The van der Waals surface area contributed by atoms with Gasteiger partial charge in [0.1, 0.15) is 0 Å². The number of piperazine rings is 1. The molecule has 0 bridgehead atoms. The molecule has 1 aromatic carbocycles. The fourth-order valence-electron chi connectivity index (χ4n) is 3.95. The Kier molecular flexibility index (Phi) is 3.64. The van der Waals surface area contributed by atoms with E-state index in [9.17, 15) is 0 Å². The summed E-state index contributed by atoms with van der Waals surface area (Å²) in [7, 11) is 0. The minimum absolute atomic E-state index is 0.499. The summed E-state index contributed by atoms with van der Waals surface area (Å²) in [4.78, 5) is 2.74. The lowest BCUT2D eigenvalue weighted by molar-refractivity contribution is 0.0814. The Hall–Kier alpha value is -0.860. The number of nitrogens with one attached hydrogen (secondary N) is 1. The first-order valence-corrected chi connectivity index (χ1v) is 7.69. The third-order valence-corrected chi connectivity index (χ3v) is 5.05. The van der Waals surface area contributed by atoms with Crippen LogP contribution in [0.4, 0.5) is 0 Å². The summed E-state index contributed by atoms with van der Waals surface area (Å²) in [5.74, 6) is 0. The van der Waals surface area contributed by atoms with E-state index in [0.29, 0.717) is 11.5 Å². The quantitative estimate of drug-likeness (QED) is 0.876. The van der Waals surface area contributed by atoms with Crippen molar-refractivity contribution in [2.45, 2.75) is 45.2 Å². The highest BCUT2D eigenvalue weighted by molar-refractivity contribution is 5.20. The Labute approximate surface area is 117 Å². The molecular weight excluding hydrogens is 232 g/mol. The molecule has 1 saturated carbocycles. The van der Waals surface area contributed by atoms with Crippen LogP contribution in [0.5, 0.6) is 0 Å². The van der Waals surface area contributed by atoms with Crippen LogP contribution in [0.25, 0.3) is 0 Å². The molecule has 0 amide bonds. The molecule has 3 rings (SSSR count). The second-order valence-corrected chi connectivity index (χ2v) is 6.81. The van der Waals surface area contributed by atoms with Crippen LogP contribution < -0.4 is 5.32 Å². The lowest BCUT2D eigenvalue weighted by Crippen LogP contribution is -2.52. The first-order valence-electron chi connectivity index (χ1n) is 7.69. The van der Waals surface area contributed by atoms with E-state index in [1.807, 2.05) is 0 Å². The van der Waals surface area contributed by atoms with E-state index < -0.39 is 0 Å². The van der Waals surface area contributed by atoms with Crippen molar-refractivity contribution in [1.82, 2.24) is 10.2 Å². The molecule has 2 aliphatic rings. The van der Waals surface area contributed by atoms with E-state index in [2.05, 4.69) is 54.4 Å². The van der Waals surface area contributed by atoms with Gasteiger partial charge < -0.3 is 5.32 Å². The Morgan fingerprint density at radius 1 is 1.21 bits per heavy atom. The molecular formula is C17H26N2. The smallest absolute Gasteiger partial charge is 0.0449 e. The van der Waals surface area contributed by atoms with Gasteiger partial charge in [0, 0.05) is 31.7 Å². The Morgan fingerprint density at radius 3 is 2.68 bits per heavy atom. The zero-order valence-corrected chi connectivity index (χ0v) is 12.2. The van der Waals surface area contributed by atoms with Gasteiger partial charge in [-0.25, -0.2) is 0 Å². The van der Waals surface area contributed by atoms with Gasteiger partial charge in [-0.05, 0) is 23.8 Å². The Balaban J connectivity index is 1.72. The predicted octanol–water partition coefficient (Wildman–Crippen LogP) is 3.21. The van der Waals surface area contributed by atoms with E-state index in [4.69, 9.17) is 0 Å². The molecule has 2 fully saturated rings. The van der Waals surface area contributed by atoms with E-state index in [-0.39, 0.29) is 0 Å². The number of hydrogen-bond acceptors (Lipinski definition) is 2. The second-order valence-electron chi connectivity index (χ2n) is 6.81. The molecule has 0 spiro atoms. The monoisotopic (exact) mass is 258 g/mol. The van der Waals surface area contributed by atoms with Crippen molar-refractivity contribution in [1.29, 1.82) is 0 Å². The lowest BCUT2D eigenvalue weighted by Gasteiger charge is -2.42. The molecule has 1 aliphatic carbocycles. The van der Waals surface area contributed by atoms with Gasteiger partial charge in [-0.15, -0.1) is 0 Å². The van der Waals surface area contributed by atoms with E-state index in [1.54, 1.807) is 0 Å². The summed E-state index contributed by atoms with van der Waals surface area (Å²) in [6.07, 6.45) is 4.17. The molecule has 2 unspecified atom stereocenters. The second kappa shape index (κ2) is 5.26. The fourth-order valence-corrected chi connectivity index (χ4v) is 3.95. The molecule has 2 heteroatoms. The van der Waals surface area contributed by atoms with Gasteiger partial charge in [0.05, 0.1) is 0 Å². The lowest BCUT2D eigenvalue weighted by atomic mass is 9.85. The molecule has 2 atom stereocenters. The van der Waals surface area contributed by atoms with Gasteiger partial charge in [0.25, 0.3) is 0 Å². The van der Waals surface area contributed by atoms with Crippen molar-refractivity contribution >= 4 is 0 Å². The van der Waals surface area contributed by atoms with Crippen LogP contribution in [0.1, 0.15) is 44.7 Å². The molecule has 19 heavy (non-hydrogen) atoms. The summed E-state index contributed by atoms with van der Waals surface area (Å²) < 4.78 is 0. The van der Waals surface area contributed by atoms with E-state index >= 15 is 0 Å². The minimum Gasteiger partial charge on any atom is -0.308 e. The number of benzene rings is 1. The van der Waals surface area contributed by atoms with Crippen molar-refractivity contribution < 1.29 is 0 Å². The van der Waals surface area contributed by atoms with Gasteiger partial charge in [-0.2, -0.15) is 0 Å². The maximum absolute atomic E-state index is 3.67. The van der Waals surface area contributed by atoms with Crippen LogP contribution >= 0.6 is 0 Å². The van der Waals surface area contributed by atoms with Crippen LogP contribution in [0.2, 0.25) is 0 Å². The van der Waals surface area contributed by atoms with E-state index in [1.165, 1.54) is 31.4 Å². The summed E-state index contributed by atoms with van der Waals surface area (Å²) in [5, 5.41) is 3.67. The maximum Gasteiger partial charge on any atom is 0.0449 e. The van der Waals surface area contributed by atoms with Crippen LogP contribution in [0.3, 0.4) is 0 Å². The zero-order chi connectivity index (χ0) is 13.3. The van der Waals surface area contributed by atoms with Crippen molar-refractivity contribution in [2.75, 3.05) is 19.6 Å². The number of rotatable bonds is 2. The van der Waals surface area contributed by atoms with Gasteiger partial charge in [-0.1, -0.05) is 50.6 Å². The zero-order valence-electron chi connectivity index (χ0n) is 12.2. The minimum atomic E-state index is 0.499. The Morgan fingerprint density at radius 2 is 2.00 bits per heavy atom. The van der Waals surface area contributed by atoms with Gasteiger partial charge >= 0.3 is 0 Å². The first-order chi connectivity index (χ1) is 9.17. The molecule has 104 valence electrons. The molecule has 0 aromatic heterocycles. The summed E-state index contributed by atoms with van der Waals surface area (Å²) in [6, 6.07) is 12.2. The highest BCUT2D eigenvalue weighted by Gasteiger charge is 2.39. The average molecular weight is 258 g/mol. The topological polar surface area (TPSA) is 15.3 Å². The predicted molar refractivity (Wildman–Crippen MR) is 80.2 cm³/mol. The van der Waals surface area contributed by atoms with Crippen molar-refractivity contribution in [3.63, 3.8) is 0 Å². The number of nitrogens with zero attached hydrogens (tertiary/aromatic N) is 1. The largest absolute Gasteiger partial charge is 0.308 e. The molecule has 0 radical (unpaired) electrons. The fraction of sp³-hybridized carbons (Fsp3) is 0.647. The van der Waals surface area contributed by atoms with Crippen molar-refractivity contribution in [3.8, 4) is 0 Å². The average Bonchev–Trinajstić information content (AvgIpc) is 2.79. The highest BCUT2D eigenvalue weighted by atomic mass is 15.2. The third kappa shape index (κ3) is 2.70. The molecule has 1 N–H and O–H groups in total. The van der Waals surface area contributed by atoms with Crippen LogP contribution in [0, 0.1) is 5.41 Å². The standard InChI is InChI=1S/C17H26N2/c1-17(2)10-6-9-16(17)19-12-11-18-15(13-19)14-7-4-3-5-8-14/h3-5,7-8,15-16,18H,6,9-13H2,1-2H3. The van der Waals surface area contributed by atoms with Crippen LogP contribution in [-0.2, 0) is 0 Å². The van der Waals surface area contributed by atoms with Gasteiger partial charge in [0.2, 0.25) is 0 Å². The van der Waals surface area contributed by atoms with Gasteiger partial charge in [0.15, 0.2) is 0 Å². The third-order valence-electron chi connectivity index (χ3n) is 5.05. The number of hydrogen-bond donors (Lipinski definition) is 1. The normalized spacial score (nSPS) is 31.5. The van der Waals surface area contributed by atoms with Crippen molar-refractivity contribution in [2.24, 2.45) is 5.41 Å². The molecule has 1 heterocycles. The summed E-state index contributed by atoms with van der Waals surface area (Å²) >= 11 is 0. The van der Waals surface area contributed by atoms with E-state index in [0.717, 1.165) is 19.1 Å². The molecule has 1 aromatic rings. The molecule has 1 aliphatic heterocycles. The first kappa shape index (κ1) is 13.1. The van der Waals surface area contributed by atoms with Gasteiger partial charge in [-0.3, -0.25) is 4.90 Å². The SMILES string of the molecule is CC1(C)CCCC1N1CCNC(c2ccccc2)C1. The molecule has 2 nitrogen and oxygen atoms in total. The summed E-state index contributed by atoms with van der Waals surface area (Å²) in [5.41, 5.74) is 1.93. The Bertz CT molecular complexity index is 413. The maximum atomic E-state index is 3.67. The highest BCUT2D eigenvalue weighted by Crippen LogP contribution is 2.41. The van der Waals surface area contributed by atoms with Crippen LogP contribution in [-0.4, -0.2) is 30.6 Å². The van der Waals surface area contributed by atoms with Crippen LogP contribution in [0.15, 0.2) is 30.3 Å². The van der Waals surface area contributed by atoms with Crippen molar-refractivity contribution in [3.05, 3.63) is 35.9 Å². The molecule has 1 saturated heterocycles.